The molecule has 1 atom stereocenters. The quantitative estimate of drug-likeness (QED) is 0.838. The molecule has 2 heteroatoms. The number of hydrogen-bond donors (Lipinski definition) is 2. The van der Waals surface area contributed by atoms with Crippen LogP contribution < -0.4 is 5.32 Å². The normalized spacial score (nSPS) is 24.1. The van der Waals surface area contributed by atoms with Crippen molar-refractivity contribution in [1.82, 2.24) is 5.32 Å². The smallest absolute Gasteiger partial charge is 0.119 e. The lowest BCUT2D eigenvalue weighted by atomic mass is 9.83. The lowest BCUT2D eigenvalue weighted by Crippen LogP contribution is -2.39. The van der Waals surface area contributed by atoms with Crippen LogP contribution in [0.5, 0.6) is 5.75 Å². The third kappa shape index (κ3) is 2.32. The van der Waals surface area contributed by atoms with Gasteiger partial charge in [-0.05, 0) is 61.8 Å². The lowest BCUT2D eigenvalue weighted by Gasteiger charge is -2.31. The molecule has 3 rings (SSSR count). The molecule has 92 valence electrons. The lowest BCUT2D eigenvalue weighted by molar-refractivity contribution is 0.304. The van der Waals surface area contributed by atoms with Crippen LogP contribution in [0, 0.1) is 5.92 Å². The van der Waals surface area contributed by atoms with Gasteiger partial charge in [-0.3, -0.25) is 0 Å². The molecule has 1 unspecified atom stereocenters. The maximum absolute atomic E-state index is 9.79. The van der Waals surface area contributed by atoms with Crippen LogP contribution >= 0.6 is 0 Å². The second kappa shape index (κ2) is 4.69. The summed E-state index contributed by atoms with van der Waals surface area (Å²) in [4.78, 5) is 0. The predicted octanol–water partition coefficient (Wildman–Crippen LogP) is 2.64. The Balaban J connectivity index is 1.60. The Hall–Kier alpha value is -1.02. The summed E-state index contributed by atoms with van der Waals surface area (Å²) in [5, 5.41) is 13.5. The summed E-state index contributed by atoms with van der Waals surface area (Å²) in [6, 6.07) is 6.74. The average Bonchev–Trinajstić information content (AvgIpc) is 2.27. The summed E-state index contributed by atoms with van der Waals surface area (Å²) in [6.45, 7) is 1.15. The molecule has 2 aliphatic carbocycles. The second-order valence-electron chi connectivity index (χ2n) is 5.56. The minimum atomic E-state index is 0.493. The number of aromatic hydroxyl groups is 1. The van der Waals surface area contributed by atoms with Gasteiger partial charge in [0, 0.05) is 6.04 Å². The third-order valence-corrected chi connectivity index (χ3v) is 4.36. The van der Waals surface area contributed by atoms with E-state index in [4.69, 9.17) is 0 Å². The number of benzene rings is 1. The van der Waals surface area contributed by atoms with E-state index >= 15 is 0 Å². The number of hydrogen-bond acceptors (Lipinski definition) is 2. The summed E-state index contributed by atoms with van der Waals surface area (Å²) < 4.78 is 0. The topological polar surface area (TPSA) is 32.3 Å². The zero-order valence-electron chi connectivity index (χ0n) is 10.3. The van der Waals surface area contributed by atoms with Gasteiger partial charge in [0.25, 0.3) is 0 Å². The van der Waals surface area contributed by atoms with Gasteiger partial charge in [0.05, 0.1) is 0 Å². The highest BCUT2D eigenvalue weighted by atomic mass is 16.3. The Morgan fingerprint density at radius 1 is 1.24 bits per heavy atom. The monoisotopic (exact) mass is 231 g/mol. The van der Waals surface area contributed by atoms with Crippen molar-refractivity contribution in [3.63, 3.8) is 0 Å². The van der Waals surface area contributed by atoms with Gasteiger partial charge >= 0.3 is 0 Å². The Morgan fingerprint density at radius 2 is 2.12 bits per heavy atom. The molecule has 0 heterocycles. The van der Waals surface area contributed by atoms with Crippen LogP contribution in [0.4, 0.5) is 0 Å². The molecule has 2 N–H and O–H groups in total. The Labute approximate surface area is 103 Å². The van der Waals surface area contributed by atoms with Crippen molar-refractivity contribution in [2.24, 2.45) is 5.92 Å². The van der Waals surface area contributed by atoms with Crippen molar-refractivity contribution < 1.29 is 5.11 Å². The molecule has 1 fully saturated rings. The molecular formula is C15H21NO. The van der Waals surface area contributed by atoms with Crippen LogP contribution in [-0.2, 0) is 12.8 Å². The van der Waals surface area contributed by atoms with Crippen molar-refractivity contribution in [2.75, 3.05) is 6.54 Å². The number of phenolic OH excluding ortho intramolecular Hbond substituents is 1. The average molecular weight is 231 g/mol. The Morgan fingerprint density at radius 3 is 2.88 bits per heavy atom. The molecule has 0 aromatic heterocycles. The molecule has 0 spiro atoms. The minimum Gasteiger partial charge on any atom is -0.508 e. The van der Waals surface area contributed by atoms with Gasteiger partial charge in [-0.1, -0.05) is 18.6 Å². The van der Waals surface area contributed by atoms with Crippen LogP contribution in [0.15, 0.2) is 18.2 Å². The molecule has 1 saturated carbocycles. The zero-order valence-corrected chi connectivity index (χ0v) is 10.3. The summed E-state index contributed by atoms with van der Waals surface area (Å²) in [7, 11) is 0. The highest BCUT2D eigenvalue weighted by Gasteiger charge is 2.23. The van der Waals surface area contributed by atoms with E-state index in [0.29, 0.717) is 5.75 Å². The first-order valence-electron chi connectivity index (χ1n) is 6.86. The molecule has 2 nitrogen and oxygen atoms in total. The number of phenols is 1. The van der Waals surface area contributed by atoms with Crippen molar-refractivity contribution in [2.45, 2.75) is 44.6 Å². The van der Waals surface area contributed by atoms with E-state index in [1.54, 1.807) is 0 Å². The molecule has 2 aliphatic rings. The fraction of sp³-hybridized carbons (Fsp3) is 0.600. The summed E-state index contributed by atoms with van der Waals surface area (Å²) in [6.07, 6.45) is 7.51. The highest BCUT2D eigenvalue weighted by molar-refractivity contribution is 5.40. The maximum Gasteiger partial charge on any atom is 0.119 e. The van der Waals surface area contributed by atoms with E-state index in [0.717, 1.165) is 31.3 Å². The van der Waals surface area contributed by atoms with Gasteiger partial charge in [-0.15, -0.1) is 0 Å². The largest absolute Gasteiger partial charge is 0.508 e. The van der Waals surface area contributed by atoms with Gasteiger partial charge in [-0.25, -0.2) is 0 Å². The maximum atomic E-state index is 9.79. The molecule has 0 amide bonds. The summed E-state index contributed by atoms with van der Waals surface area (Å²) in [5.74, 6) is 1.25. The molecule has 1 aromatic rings. The van der Waals surface area contributed by atoms with E-state index in [9.17, 15) is 5.11 Å². The van der Waals surface area contributed by atoms with Crippen LogP contribution in [0.1, 0.15) is 36.8 Å². The first kappa shape index (κ1) is 11.1. The number of fused-ring (bicyclic) bond motifs is 1. The van der Waals surface area contributed by atoms with Crippen LogP contribution in [-0.4, -0.2) is 17.7 Å². The summed E-state index contributed by atoms with van der Waals surface area (Å²) >= 11 is 0. The second-order valence-corrected chi connectivity index (χ2v) is 5.56. The fourth-order valence-corrected chi connectivity index (χ4v) is 2.98. The van der Waals surface area contributed by atoms with Gasteiger partial charge in [0.15, 0.2) is 0 Å². The van der Waals surface area contributed by atoms with E-state index in [2.05, 4.69) is 11.4 Å². The van der Waals surface area contributed by atoms with E-state index in [1.807, 2.05) is 12.1 Å². The van der Waals surface area contributed by atoms with Gasteiger partial charge in [-0.2, -0.15) is 0 Å². The van der Waals surface area contributed by atoms with Crippen LogP contribution in [0.25, 0.3) is 0 Å². The first-order valence-corrected chi connectivity index (χ1v) is 6.86. The predicted molar refractivity (Wildman–Crippen MR) is 69.3 cm³/mol. The first-order chi connectivity index (χ1) is 8.33. The molecule has 0 radical (unpaired) electrons. The molecule has 17 heavy (non-hydrogen) atoms. The van der Waals surface area contributed by atoms with Crippen LogP contribution in [0.2, 0.25) is 0 Å². The molecular weight excluding hydrogens is 210 g/mol. The Bertz CT molecular complexity index is 398. The Kier molecular flexibility index (Phi) is 3.06. The molecule has 0 saturated heterocycles. The highest BCUT2D eigenvalue weighted by Crippen LogP contribution is 2.31. The SMILES string of the molecule is Oc1cccc2c1CCC(CNC1CCC1)C2. The standard InChI is InChI=1S/C15H21NO/c17-15-6-1-3-12-9-11(7-8-14(12)15)10-16-13-4-2-5-13/h1,3,6,11,13,16-17H,2,4-5,7-10H2. The van der Waals surface area contributed by atoms with Gasteiger partial charge in [0.2, 0.25) is 0 Å². The van der Waals surface area contributed by atoms with Crippen molar-refractivity contribution in [3.05, 3.63) is 29.3 Å². The molecule has 1 aromatic carbocycles. The molecule has 0 aliphatic heterocycles. The van der Waals surface area contributed by atoms with Crippen molar-refractivity contribution in [1.29, 1.82) is 0 Å². The fourth-order valence-electron chi connectivity index (χ4n) is 2.98. The van der Waals surface area contributed by atoms with E-state index in [1.165, 1.54) is 36.8 Å². The van der Waals surface area contributed by atoms with E-state index in [-0.39, 0.29) is 0 Å². The zero-order chi connectivity index (χ0) is 11.7. The van der Waals surface area contributed by atoms with Crippen molar-refractivity contribution >= 4 is 0 Å². The third-order valence-electron chi connectivity index (χ3n) is 4.36. The van der Waals surface area contributed by atoms with Gasteiger partial charge < -0.3 is 10.4 Å². The summed E-state index contributed by atoms with van der Waals surface area (Å²) in [5.41, 5.74) is 2.55. The van der Waals surface area contributed by atoms with Gasteiger partial charge in [0.1, 0.15) is 5.75 Å². The minimum absolute atomic E-state index is 0.493. The molecule has 0 bridgehead atoms. The van der Waals surface area contributed by atoms with Crippen molar-refractivity contribution in [3.8, 4) is 5.75 Å². The van der Waals surface area contributed by atoms with E-state index < -0.39 is 0 Å². The number of rotatable bonds is 3. The number of nitrogens with one attached hydrogen (secondary N) is 1. The van der Waals surface area contributed by atoms with Crippen LogP contribution in [0.3, 0.4) is 0 Å².